The Kier molecular flexibility index (Phi) is 3.63. The Balaban J connectivity index is 1.95. The van der Waals surface area contributed by atoms with Crippen molar-refractivity contribution in [3.05, 3.63) is 34.7 Å². The highest BCUT2D eigenvalue weighted by molar-refractivity contribution is 5.72. The third-order valence-corrected chi connectivity index (χ3v) is 4.73. The third-order valence-electron chi connectivity index (χ3n) is 4.73. The summed E-state index contributed by atoms with van der Waals surface area (Å²) in [6.07, 6.45) is 2.20. The number of carboxylic acid groups (broad SMARTS) is 1. The van der Waals surface area contributed by atoms with E-state index in [0.717, 1.165) is 24.2 Å². The van der Waals surface area contributed by atoms with E-state index in [1.165, 1.54) is 5.01 Å². The predicted molar refractivity (Wildman–Crippen MR) is 79.0 cm³/mol. The number of likely N-dealkylation sites (tertiary alicyclic amines) is 1. The van der Waals surface area contributed by atoms with Gasteiger partial charge in [0.1, 0.15) is 0 Å². The van der Waals surface area contributed by atoms with E-state index in [1.807, 2.05) is 31.3 Å². The van der Waals surface area contributed by atoms with Crippen molar-refractivity contribution in [2.45, 2.75) is 31.3 Å². The smallest absolute Gasteiger partial charge is 0.308 e. The van der Waals surface area contributed by atoms with Gasteiger partial charge in [-0.05, 0) is 44.5 Å². The minimum absolute atomic E-state index is 0.193. The van der Waals surface area contributed by atoms with Gasteiger partial charge < -0.3 is 10.0 Å². The zero-order valence-electron chi connectivity index (χ0n) is 12.0. The summed E-state index contributed by atoms with van der Waals surface area (Å²) in [6, 6.07) is 7.26. The summed E-state index contributed by atoms with van der Waals surface area (Å²) in [5.74, 6) is -1.24. The van der Waals surface area contributed by atoms with Crippen LogP contribution in [0.25, 0.3) is 0 Å². The molecule has 21 heavy (non-hydrogen) atoms. The maximum Gasteiger partial charge on any atom is 0.308 e. The third kappa shape index (κ3) is 2.29. The standard InChI is InChI=1S/C15H19N3O3/c1-17-8-4-6-11(15(19)20)14(17)13-9-10-5-2-3-7-12(10)18(13)16-21/h2-3,5,7,11,13-14H,4,6,8-9H2,1H3,(H,19,20). The molecule has 0 amide bonds. The van der Waals surface area contributed by atoms with Crippen molar-refractivity contribution in [2.24, 2.45) is 11.2 Å². The molecule has 3 unspecified atom stereocenters. The average molecular weight is 289 g/mol. The van der Waals surface area contributed by atoms with Gasteiger partial charge in [-0.25, -0.2) is 5.01 Å². The van der Waals surface area contributed by atoms with Crippen LogP contribution in [0, 0.1) is 10.8 Å². The number of aliphatic carboxylic acids is 1. The fraction of sp³-hybridized carbons (Fsp3) is 0.533. The number of hydrogen-bond donors (Lipinski definition) is 1. The van der Waals surface area contributed by atoms with Crippen LogP contribution in [-0.4, -0.2) is 41.7 Å². The van der Waals surface area contributed by atoms with Gasteiger partial charge in [-0.1, -0.05) is 18.2 Å². The molecular weight excluding hydrogens is 270 g/mol. The lowest BCUT2D eigenvalue weighted by atomic mass is 9.84. The molecule has 3 rings (SSSR count). The van der Waals surface area contributed by atoms with Crippen molar-refractivity contribution in [1.29, 1.82) is 0 Å². The second kappa shape index (κ2) is 5.44. The number of benzene rings is 1. The molecule has 0 radical (unpaired) electrons. The summed E-state index contributed by atoms with van der Waals surface area (Å²) in [6.45, 7) is 0.855. The Bertz CT molecular complexity index is 563. The van der Waals surface area contributed by atoms with Crippen LogP contribution in [0.15, 0.2) is 29.6 Å². The molecule has 3 atom stereocenters. The molecule has 2 heterocycles. The zero-order valence-corrected chi connectivity index (χ0v) is 12.0. The lowest BCUT2D eigenvalue weighted by Gasteiger charge is -2.41. The van der Waals surface area contributed by atoms with Gasteiger partial charge in [0.15, 0.2) is 0 Å². The molecule has 0 aliphatic carbocycles. The maximum atomic E-state index is 11.6. The van der Waals surface area contributed by atoms with Crippen LogP contribution in [0.2, 0.25) is 0 Å². The Labute approximate surface area is 123 Å². The van der Waals surface area contributed by atoms with E-state index in [9.17, 15) is 14.8 Å². The highest BCUT2D eigenvalue weighted by atomic mass is 16.4. The highest BCUT2D eigenvalue weighted by Gasteiger charge is 2.45. The molecule has 1 fully saturated rings. The molecule has 1 aromatic rings. The van der Waals surface area contributed by atoms with Crippen molar-refractivity contribution in [3.8, 4) is 0 Å². The van der Waals surface area contributed by atoms with Crippen LogP contribution in [0.4, 0.5) is 5.69 Å². The first-order valence-electron chi connectivity index (χ1n) is 7.27. The van der Waals surface area contributed by atoms with E-state index >= 15 is 0 Å². The largest absolute Gasteiger partial charge is 0.481 e. The highest BCUT2D eigenvalue weighted by Crippen LogP contribution is 2.38. The van der Waals surface area contributed by atoms with Gasteiger partial charge in [-0.3, -0.25) is 4.79 Å². The van der Waals surface area contributed by atoms with Crippen molar-refractivity contribution in [3.63, 3.8) is 0 Å². The second-order valence-corrected chi connectivity index (χ2v) is 5.88. The number of rotatable bonds is 3. The number of fused-ring (bicyclic) bond motifs is 1. The molecule has 0 saturated carbocycles. The van der Waals surface area contributed by atoms with E-state index in [1.54, 1.807) is 0 Å². The van der Waals surface area contributed by atoms with Gasteiger partial charge in [0, 0.05) is 6.04 Å². The number of piperidine rings is 1. The van der Waals surface area contributed by atoms with E-state index in [4.69, 9.17) is 0 Å². The zero-order chi connectivity index (χ0) is 15.0. The van der Waals surface area contributed by atoms with Gasteiger partial charge in [-0.2, -0.15) is 0 Å². The lowest BCUT2D eigenvalue weighted by Crippen LogP contribution is -2.56. The van der Waals surface area contributed by atoms with Crippen LogP contribution in [-0.2, 0) is 11.2 Å². The average Bonchev–Trinajstić information content (AvgIpc) is 2.84. The normalized spacial score (nSPS) is 29.2. The summed E-state index contributed by atoms with van der Waals surface area (Å²) >= 11 is 0. The van der Waals surface area contributed by atoms with E-state index in [0.29, 0.717) is 12.8 Å². The van der Waals surface area contributed by atoms with Crippen molar-refractivity contribution in [1.82, 2.24) is 4.90 Å². The SMILES string of the molecule is CN1CCCC(C(=O)O)C1C1Cc2ccccc2N1N=O. The second-order valence-electron chi connectivity index (χ2n) is 5.88. The molecule has 1 saturated heterocycles. The van der Waals surface area contributed by atoms with Crippen LogP contribution in [0.1, 0.15) is 18.4 Å². The molecule has 6 nitrogen and oxygen atoms in total. The number of hydrogen-bond acceptors (Lipinski definition) is 4. The molecule has 1 N–H and O–H groups in total. The van der Waals surface area contributed by atoms with E-state index in [-0.39, 0.29) is 12.1 Å². The first-order valence-corrected chi connectivity index (χ1v) is 7.27. The maximum absolute atomic E-state index is 11.6. The van der Waals surface area contributed by atoms with Gasteiger partial charge >= 0.3 is 5.97 Å². The Morgan fingerprint density at radius 1 is 1.38 bits per heavy atom. The van der Waals surface area contributed by atoms with Crippen LogP contribution in [0.3, 0.4) is 0 Å². The number of para-hydroxylation sites is 1. The van der Waals surface area contributed by atoms with Crippen molar-refractivity contribution >= 4 is 11.7 Å². The van der Waals surface area contributed by atoms with Crippen molar-refractivity contribution in [2.75, 3.05) is 18.6 Å². The minimum atomic E-state index is -0.784. The van der Waals surface area contributed by atoms with E-state index < -0.39 is 11.9 Å². The minimum Gasteiger partial charge on any atom is -0.481 e. The number of nitrogens with zero attached hydrogens (tertiary/aromatic N) is 3. The fourth-order valence-electron chi connectivity index (χ4n) is 3.79. The number of carbonyl (C=O) groups is 1. The van der Waals surface area contributed by atoms with Gasteiger partial charge in [0.05, 0.1) is 22.9 Å². The number of nitroso groups, excluding NO2 is 1. The van der Waals surface area contributed by atoms with Crippen LogP contribution < -0.4 is 5.01 Å². The molecule has 6 heteroatoms. The molecule has 2 aliphatic heterocycles. The predicted octanol–water partition coefficient (Wildman–Crippen LogP) is 1.89. The summed E-state index contributed by atoms with van der Waals surface area (Å²) in [5, 5.41) is 14.2. The number of carboxylic acids is 1. The number of likely N-dealkylation sites (N-methyl/N-ethyl adjacent to an activating group) is 1. The Morgan fingerprint density at radius 3 is 2.86 bits per heavy atom. The summed E-state index contributed by atoms with van der Waals surface area (Å²) in [7, 11) is 1.94. The quantitative estimate of drug-likeness (QED) is 0.860. The van der Waals surface area contributed by atoms with E-state index in [2.05, 4.69) is 10.2 Å². The molecule has 1 aromatic carbocycles. The van der Waals surface area contributed by atoms with Gasteiger partial charge in [0.25, 0.3) is 0 Å². The Hall–Kier alpha value is -1.95. The first kappa shape index (κ1) is 14.0. The molecule has 112 valence electrons. The fourth-order valence-corrected chi connectivity index (χ4v) is 3.79. The molecule has 0 spiro atoms. The molecular formula is C15H19N3O3. The molecule has 0 bridgehead atoms. The summed E-state index contributed by atoms with van der Waals surface area (Å²) < 4.78 is 0. The van der Waals surface area contributed by atoms with Crippen LogP contribution >= 0.6 is 0 Å². The lowest BCUT2D eigenvalue weighted by molar-refractivity contribution is -0.146. The van der Waals surface area contributed by atoms with Crippen molar-refractivity contribution < 1.29 is 9.90 Å². The van der Waals surface area contributed by atoms with Gasteiger partial charge in [0.2, 0.25) is 0 Å². The summed E-state index contributed by atoms with van der Waals surface area (Å²) in [5.41, 5.74) is 1.87. The molecule has 2 aliphatic rings. The first-order chi connectivity index (χ1) is 10.1. The van der Waals surface area contributed by atoms with Crippen LogP contribution in [0.5, 0.6) is 0 Å². The van der Waals surface area contributed by atoms with Gasteiger partial charge in [-0.15, -0.1) is 4.91 Å². The number of anilines is 1. The molecule has 0 aromatic heterocycles. The summed E-state index contributed by atoms with van der Waals surface area (Å²) in [4.78, 5) is 25.0. The topological polar surface area (TPSA) is 73.2 Å². The monoisotopic (exact) mass is 289 g/mol. The Morgan fingerprint density at radius 2 is 2.14 bits per heavy atom.